The van der Waals surface area contributed by atoms with Gasteiger partial charge in [0.2, 0.25) is 0 Å². The van der Waals surface area contributed by atoms with E-state index < -0.39 is 12.3 Å². The largest absolute Gasteiger partial charge is 0.388 e. The quantitative estimate of drug-likeness (QED) is 0.316. The number of nitrogens with zero attached hydrogens (tertiary/aromatic N) is 1. The molecule has 4 heteroatoms. The Bertz CT molecular complexity index is 1410. The fourth-order valence-corrected chi connectivity index (χ4v) is 6.34. The van der Waals surface area contributed by atoms with Gasteiger partial charge in [-0.1, -0.05) is 68.3 Å². The molecule has 0 amide bonds. The first-order valence-corrected chi connectivity index (χ1v) is 13.1. The van der Waals surface area contributed by atoms with Crippen molar-refractivity contribution in [3.8, 4) is 11.1 Å². The lowest BCUT2D eigenvalue weighted by Gasteiger charge is -2.32. The number of aliphatic hydroxyl groups excluding tert-OH is 1. The van der Waals surface area contributed by atoms with Gasteiger partial charge in [-0.15, -0.1) is 0 Å². The molecule has 1 fully saturated rings. The van der Waals surface area contributed by atoms with Crippen LogP contribution < -0.4 is 0 Å². The topological polar surface area (TPSA) is 33.1 Å². The zero-order valence-corrected chi connectivity index (χ0v) is 20.6. The van der Waals surface area contributed by atoms with Crippen LogP contribution in [0.15, 0.2) is 66.7 Å². The normalized spacial score (nSPS) is 21.0. The first kappa shape index (κ1) is 23.3. The lowest BCUT2D eigenvalue weighted by Crippen LogP contribution is -2.23. The van der Waals surface area contributed by atoms with E-state index >= 15 is 4.39 Å². The molecular weight excluding hydrogens is 452 g/mol. The fourth-order valence-electron chi connectivity index (χ4n) is 6.34. The second kappa shape index (κ2) is 9.40. The molecule has 2 aliphatic rings. The summed E-state index contributed by atoms with van der Waals surface area (Å²) in [5.41, 5.74) is 5.00. The molecule has 184 valence electrons. The third-order valence-corrected chi connectivity index (χ3v) is 8.08. The van der Waals surface area contributed by atoms with Crippen molar-refractivity contribution in [2.24, 2.45) is 5.92 Å². The highest BCUT2D eigenvalue weighted by atomic mass is 19.1. The van der Waals surface area contributed by atoms with E-state index in [0.29, 0.717) is 29.0 Å². The van der Waals surface area contributed by atoms with Crippen LogP contribution in [-0.2, 0) is 6.42 Å². The first-order valence-electron chi connectivity index (χ1n) is 13.1. The molecule has 3 unspecified atom stereocenters. The third-order valence-electron chi connectivity index (χ3n) is 8.08. The maximum atomic E-state index is 16.9. The minimum Gasteiger partial charge on any atom is -0.388 e. The lowest BCUT2D eigenvalue weighted by atomic mass is 9.77. The average Bonchev–Trinajstić information content (AvgIpc) is 3.42. The second-order valence-corrected chi connectivity index (χ2v) is 10.7. The van der Waals surface area contributed by atoms with Crippen LogP contribution in [0.4, 0.5) is 8.78 Å². The Labute approximate surface area is 211 Å². The highest BCUT2D eigenvalue weighted by Gasteiger charge is 2.36. The third kappa shape index (κ3) is 4.12. The zero-order chi connectivity index (χ0) is 24.8. The van der Waals surface area contributed by atoms with Crippen molar-refractivity contribution >= 4 is 10.8 Å². The van der Waals surface area contributed by atoms with Gasteiger partial charge in [0.05, 0.1) is 11.8 Å². The van der Waals surface area contributed by atoms with Gasteiger partial charge in [0.1, 0.15) is 5.82 Å². The zero-order valence-electron chi connectivity index (χ0n) is 20.6. The summed E-state index contributed by atoms with van der Waals surface area (Å²) in [6.45, 7) is 2.13. The summed E-state index contributed by atoms with van der Waals surface area (Å²) in [7, 11) is 0. The van der Waals surface area contributed by atoms with Crippen LogP contribution in [0, 0.1) is 11.7 Å². The standard InChI is InChI=1S/C32H31F2NO/c1-19-16-26-29(27(36)17-19)28(21-12-14-25(33)15-13-21)30(32(35-26)22-7-3-4-8-22)31(34)24-11-10-20-6-2-5-9-23(20)18-24/h2,5-6,9-15,18-19,22,27,31,36H,3-4,7-8,16-17H2,1H3. The number of rotatable bonds is 4. The van der Waals surface area contributed by atoms with Gasteiger partial charge in [-0.05, 0) is 77.3 Å². The molecule has 0 radical (unpaired) electrons. The number of aromatic nitrogens is 1. The number of hydrogen-bond acceptors (Lipinski definition) is 2. The predicted octanol–water partition coefficient (Wildman–Crippen LogP) is 8.37. The van der Waals surface area contributed by atoms with Crippen LogP contribution >= 0.6 is 0 Å². The molecule has 3 atom stereocenters. The van der Waals surface area contributed by atoms with E-state index in [9.17, 15) is 9.50 Å². The Balaban J connectivity index is 1.63. The summed E-state index contributed by atoms with van der Waals surface area (Å²) in [6.07, 6.45) is 3.44. The van der Waals surface area contributed by atoms with Gasteiger partial charge in [-0.25, -0.2) is 8.78 Å². The summed E-state index contributed by atoms with van der Waals surface area (Å²) in [5, 5.41) is 13.3. The van der Waals surface area contributed by atoms with Crippen LogP contribution in [0.1, 0.15) is 85.3 Å². The van der Waals surface area contributed by atoms with Crippen LogP contribution in [0.2, 0.25) is 0 Å². The summed E-state index contributed by atoms with van der Waals surface area (Å²) in [6, 6.07) is 20.0. The Kier molecular flexibility index (Phi) is 6.08. The van der Waals surface area contributed by atoms with Crippen molar-refractivity contribution in [2.45, 2.75) is 63.6 Å². The molecule has 0 spiro atoms. The van der Waals surface area contributed by atoms with Crippen molar-refractivity contribution in [2.75, 3.05) is 0 Å². The first-order chi connectivity index (χ1) is 17.5. The number of pyridine rings is 1. The van der Waals surface area contributed by atoms with Crippen molar-refractivity contribution in [3.05, 3.63) is 101 Å². The van der Waals surface area contributed by atoms with Crippen molar-refractivity contribution in [1.82, 2.24) is 4.98 Å². The van der Waals surface area contributed by atoms with Gasteiger partial charge < -0.3 is 5.11 Å². The van der Waals surface area contributed by atoms with Crippen molar-refractivity contribution in [1.29, 1.82) is 0 Å². The Morgan fingerprint density at radius 1 is 0.944 bits per heavy atom. The molecule has 0 aliphatic heterocycles. The lowest BCUT2D eigenvalue weighted by molar-refractivity contribution is 0.135. The van der Waals surface area contributed by atoms with Crippen LogP contribution in [-0.4, -0.2) is 10.1 Å². The van der Waals surface area contributed by atoms with Gasteiger partial charge in [-0.3, -0.25) is 4.98 Å². The minimum absolute atomic E-state index is 0.192. The van der Waals surface area contributed by atoms with Crippen LogP contribution in [0.25, 0.3) is 21.9 Å². The van der Waals surface area contributed by atoms with E-state index in [4.69, 9.17) is 4.98 Å². The Morgan fingerprint density at radius 3 is 2.42 bits per heavy atom. The van der Waals surface area contributed by atoms with Crippen LogP contribution in [0.3, 0.4) is 0 Å². The Hall–Kier alpha value is -3.11. The molecular formula is C32H31F2NO. The van der Waals surface area contributed by atoms with Crippen molar-refractivity contribution < 1.29 is 13.9 Å². The van der Waals surface area contributed by atoms with Crippen LogP contribution in [0.5, 0.6) is 0 Å². The number of aliphatic hydroxyl groups is 1. The molecule has 1 saturated carbocycles. The smallest absolute Gasteiger partial charge is 0.153 e. The average molecular weight is 484 g/mol. The van der Waals surface area contributed by atoms with E-state index in [1.807, 2.05) is 42.5 Å². The maximum Gasteiger partial charge on any atom is 0.153 e. The Morgan fingerprint density at radius 2 is 1.67 bits per heavy atom. The predicted molar refractivity (Wildman–Crippen MR) is 140 cm³/mol. The van der Waals surface area contributed by atoms with Gasteiger partial charge >= 0.3 is 0 Å². The van der Waals surface area contributed by atoms with E-state index in [2.05, 4.69) is 6.92 Å². The molecule has 0 bridgehead atoms. The van der Waals surface area contributed by atoms with E-state index in [1.165, 1.54) is 12.1 Å². The molecule has 4 aromatic rings. The molecule has 1 heterocycles. The number of alkyl halides is 1. The molecule has 2 nitrogen and oxygen atoms in total. The monoisotopic (exact) mass is 483 g/mol. The highest BCUT2D eigenvalue weighted by molar-refractivity contribution is 5.83. The highest BCUT2D eigenvalue weighted by Crippen LogP contribution is 2.49. The second-order valence-electron chi connectivity index (χ2n) is 10.7. The van der Waals surface area contributed by atoms with Gasteiger partial charge in [-0.2, -0.15) is 0 Å². The molecule has 36 heavy (non-hydrogen) atoms. The number of fused-ring (bicyclic) bond motifs is 2. The number of halogens is 2. The van der Waals surface area contributed by atoms with Gasteiger partial charge in [0.15, 0.2) is 6.17 Å². The molecule has 3 aromatic carbocycles. The summed E-state index contributed by atoms with van der Waals surface area (Å²) in [4.78, 5) is 5.13. The van der Waals surface area contributed by atoms with E-state index in [1.54, 1.807) is 12.1 Å². The summed E-state index contributed by atoms with van der Waals surface area (Å²) >= 11 is 0. The van der Waals surface area contributed by atoms with E-state index in [-0.39, 0.29) is 11.7 Å². The fraction of sp³-hybridized carbons (Fsp3) is 0.344. The van der Waals surface area contributed by atoms with E-state index in [0.717, 1.165) is 65.4 Å². The van der Waals surface area contributed by atoms with Gasteiger partial charge in [0, 0.05) is 22.7 Å². The van der Waals surface area contributed by atoms with Crippen molar-refractivity contribution in [3.63, 3.8) is 0 Å². The molecule has 0 saturated heterocycles. The SMILES string of the molecule is CC1Cc2nc(C3CCCC3)c(C(F)c3ccc4ccccc4c3)c(-c3ccc(F)cc3)c2C(O)C1. The molecule has 2 aliphatic carbocycles. The summed E-state index contributed by atoms with van der Waals surface area (Å²) < 4.78 is 30.8. The minimum atomic E-state index is -1.41. The maximum absolute atomic E-state index is 16.9. The molecule has 6 rings (SSSR count). The molecule has 1 aromatic heterocycles. The molecule has 1 N–H and O–H groups in total. The summed E-state index contributed by atoms with van der Waals surface area (Å²) in [5.74, 6) is 0.155. The number of hydrogen-bond donors (Lipinski definition) is 1. The number of benzene rings is 3. The van der Waals surface area contributed by atoms with Gasteiger partial charge in [0.25, 0.3) is 0 Å².